The Morgan fingerprint density at radius 1 is 1.06 bits per heavy atom. The number of benzene rings is 2. The Labute approximate surface area is 185 Å². The number of ether oxygens (including phenoxy) is 1. The van der Waals surface area contributed by atoms with Crippen molar-refractivity contribution in [2.24, 2.45) is 5.73 Å². The lowest BCUT2D eigenvalue weighted by molar-refractivity contribution is 0.466. The van der Waals surface area contributed by atoms with E-state index in [0.29, 0.717) is 29.6 Å². The molecule has 1 aliphatic heterocycles. The number of nitrogens with two attached hydrogens (primary N) is 1. The van der Waals surface area contributed by atoms with Crippen LogP contribution in [0.4, 0.5) is 5.69 Å². The van der Waals surface area contributed by atoms with Gasteiger partial charge in [-0.2, -0.15) is 12.3 Å². The average Bonchev–Trinajstić information content (AvgIpc) is 3.34. The molecule has 1 aliphatic carbocycles. The number of hydrogen-bond donors (Lipinski definition) is 1. The van der Waals surface area contributed by atoms with Crippen molar-refractivity contribution in [1.29, 1.82) is 0 Å². The quantitative estimate of drug-likeness (QED) is 0.602. The first-order valence-corrected chi connectivity index (χ1v) is 12.7. The number of nitrogens with zero attached hydrogens (tertiary/aromatic N) is 1. The van der Waals surface area contributed by atoms with Gasteiger partial charge in [0.05, 0.1) is 12.3 Å². The largest absolute Gasteiger partial charge is 0.457 e. The molecule has 0 saturated heterocycles. The number of quaternary nitrogens is 1. The SMILES string of the molecule is CCS(=O)(=O)[N+]1(c2ccc(Oc3ccccc3C3CCCC3)cc2)CC=CC=C1CN. The van der Waals surface area contributed by atoms with Crippen LogP contribution < -0.4 is 14.4 Å². The number of sulfonamides is 1. The van der Waals surface area contributed by atoms with Crippen molar-refractivity contribution < 1.29 is 13.2 Å². The van der Waals surface area contributed by atoms with E-state index in [1.807, 2.05) is 54.6 Å². The molecule has 2 aromatic carbocycles. The zero-order valence-electron chi connectivity index (χ0n) is 18.0. The fraction of sp³-hybridized carbons (Fsp3) is 0.360. The smallest absolute Gasteiger partial charge is 0.306 e. The summed E-state index contributed by atoms with van der Waals surface area (Å²) in [6, 6.07) is 15.7. The lowest BCUT2D eigenvalue weighted by atomic mass is 9.97. The zero-order valence-corrected chi connectivity index (χ0v) is 18.9. The lowest BCUT2D eigenvalue weighted by Crippen LogP contribution is -2.56. The van der Waals surface area contributed by atoms with Crippen LogP contribution in [0.25, 0.3) is 0 Å². The van der Waals surface area contributed by atoms with Gasteiger partial charge in [-0.15, -0.1) is 0 Å². The van der Waals surface area contributed by atoms with E-state index in [1.165, 1.54) is 31.2 Å². The predicted molar refractivity (Wildman–Crippen MR) is 127 cm³/mol. The van der Waals surface area contributed by atoms with Crippen molar-refractivity contribution in [2.75, 3.05) is 18.8 Å². The summed E-state index contributed by atoms with van der Waals surface area (Å²) in [6.07, 6.45) is 10.5. The molecule has 0 spiro atoms. The molecule has 0 aromatic heterocycles. The Morgan fingerprint density at radius 3 is 2.45 bits per heavy atom. The molecule has 0 radical (unpaired) electrons. The zero-order chi connectivity index (χ0) is 21.9. The minimum atomic E-state index is -3.49. The molecule has 164 valence electrons. The van der Waals surface area contributed by atoms with E-state index < -0.39 is 10.0 Å². The summed E-state index contributed by atoms with van der Waals surface area (Å²) in [4.78, 5) is 0. The van der Waals surface area contributed by atoms with Gasteiger partial charge < -0.3 is 10.5 Å². The van der Waals surface area contributed by atoms with E-state index in [-0.39, 0.29) is 16.2 Å². The third-order valence-electron chi connectivity index (χ3n) is 6.50. The van der Waals surface area contributed by atoms with Gasteiger partial charge in [-0.25, -0.2) is 0 Å². The van der Waals surface area contributed by atoms with Gasteiger partial charge in [0.25, 0.3) is 0 Å². The first kappa shape index (κ1) is 21.8. The van der Waals surface area contributed by atoms with E-state index in [2.05, 4.69) is 12.1 Å². The summed E-state index contributed by atoms with van der Waals surface area (Å²) in [6.45, 7) is 2.19. The maximum atomic E-state index is 13.2. The molecule has 1 atom stereocenters. The van der Waals surface area contributed by atoms with Crippen LogP contribution in [-0.2, 0) is 10.0 Å². The summed E-state index contributed by atoms with van der Waals surface area (Å²) < 4.78 is 32.4. The second-order valence-corrected chi connectivity index (χ2v) is 10.6. The summed E-state index contributed by atoms with van der Waals surface area (Å²) in [5, 5.41) is 0. The molecule has 6 heteroatoms. The van der Waals surface area contributed by atoms with E-state index in [0.717, 1.165) is 5.75 Å². The fourth-order valence-corrected chi connectivity index (χ4v) is 6.51. The van der Waals surface area contributed by atoms with Crippen molar-refractivity contribution in [2.45, 2.75) is 38.5 Å². The Hall–Kier alpha value is -2.41. The summed E-state index contributed by atoms with van der Waals surface area (Å²) >= 11 is 0. The number of rotatable bonds is 7. The van der Waals surface area contributed by atoms with E-state index >= 15 is 0 Å². The van der Waals surface area contributed by atoms with Gasteiger partial charge in [0.15, 0.2) is 5.69 Å². The van der Waals surface area contributed by atoms with Gasteiger partial charge in [0.2, 0.25) is 0 Å². The highest BCUT2D eigenvalue weighted by molar-refractivity contribution is 7.91. The second-order valence-electron chi connectivity index (χ2n) is 8.20. The van der Waals surface area contributed by atoms with Crippen LogP contribution in [0.15, 0.2) is 72.5 Å². The lowest BCUT2D eigenvalue weighted by Gasteiger charge is -2.37. The van der Waals surface area contributed by atoms with Crippen LogP contribution in [0.2, 0.25) is 0 Å². The highest BCUT2D eigenvalue weighted by Crippen LogP contribution is 2.41. The molecule has 1 fully saturated rings. The van der Waals surface area contributed by atoms with Crippen LogP contribution in [-0.4, -0.2) is 27.3 Å². The van der Waals surface area contributed by atoms with Crippen molar-refractivity contribution in [3.05, 3.63) is 78.0 Å². The van der Waals surface area contributed by atoms with Crippen molar-refractivity contribution in [3.8, 4) is 11.5 Å². The maximum Gasteiger partial charge on any atom is 0.306 e. The first-order chi connectivity index (χ1) is 15.0. The van der Waals surface area contributed by atoms with Gasteiger partial charge >= 0.3 is 10.0 Å². The van der Waals surface area contributed by atoms with Crippen molar-refractivity contribution >= 4 is 15.7 Å². The molecule has 2 N–H and O–H groups in total. The molecule has 1 heterocycles. The monoisotopic (exact) mass is 439 g/mol. The number of allylic oxidation sites excluding steroid dienone is 2. The minimum absolute atomic E-state index is 0.0329. The van der Waals surface area contributed by atoms with Crippen LogP contribution in [0.1, 0.15) is 44.1 Å². The van der Waals surface area contributed by atoms with Crippen molar-refractivity contribution in [3.63, 3.8) is 0 Å². The third kappa shape index (κ3) is 3.95. The van der Waals surface area contributed by atoms with Crippen molar-refractivity contribution in [1.82, 2.24) is 3.89 Å². The summed E-state index contributed by atoms with van der Waals surface area (Å²) in [5.41, 5.74) is 8.58. The van der Waals surface area contributed by atoms with E-state index in [9.17, 15) is 8.42 Å². The number of para-hydroxylation sites is 1. The summed E-state index contributed by atoms with van der Waals surface area (Å²) in [7, 11) is -3.49. The Morgan fingerprint density at radius 2 is 1.77 bits per heavy atom. The molecule has 0 amide bonds. The maximum absolute atomic E-state index is 13.2. The third-order valence-corrected chi connectivity index (χ3v) is 8.77. The molecule has 5 nitrogen and oxygen atoms in total. The molecule has 2 aromatic rings. The normalized spacial score (nSPS) is 21.8. The average molecular weight is 440 g/mol. The molecule has 4 rings (SSSR count). The van der Waals surface area contributed by atoms with Gasteiger partial charge in [-0.05, 0) is 61.6 Å². The summed E-state index contributed by atoms with van der Waals surface area (Å²) in [5.74, 6) is 2.17. The highest BCUT2D eigenvalue weighted by atomic mass is 32.2. The fourth-order valence-electron chi connectivity index (χ4n) is 4.82. The molecule has 1 saturated carbocycles. The highest BCUT2D eigenvalue weighted by Gasteiger charge is 2.46. The molecule has 1 unspecified atom stereocenters. The van der Waals surface area contributed by atoms with E-state index in [4.69, 9.17) is 10.5 Å². The molecule has 31 heavy (non-hydrogen) atoms. The second kappa shape index (κ2) is 8.99. The molecular weight excluding hydrogens is 408 g/mol. The standard InChI is InChI=1S/C25H31N2O3S/c1-2-31(28,29)27(18-8-7-11-22(27)19-26)21-14-16-23(17-15-21)30-25-13-6-5-12-24(25)20-9-3-4-10-20/h5-8,11-17,20H,2-4,9-10,18-19,26H2,1H3/q+1. The van der Waals surface area contributed by atoms with Gasteiger partial charge in [-0.3, -0.25) is 0 Å². The Kier molecular flexibility index (Phi) is 6.32. The van der Waals surface area contributed by atoms with Gasteiger partial charge in [-0.1, -0.05) is 37.1 Å². The van der Waals surface area contributed by atoms with Crippen LogP contribution >= 0.6 is 0 Å². The predicted octanol–water partition coefficient (Wildman–Crippen LogP) is 5.21. The van der Waals surface area contributed by atoms with Gasteiger partial charge in [0.1, 0.15) is 23.7 Å². The van der Waals surface area contributed by atoms with Crippen LogP contribution in [0.5, 0.6) is 11.5 Å². The van der Waals surface area contributed by atoms with Crippen LogP contribution in [0.3, 0.4) is 0 Å². The first-order valence-electron chi connectivity index (χ1n) is 11.1. The molecular formula is C25H31N2O3S+. The molecule has 0 bridgehead atoms. The van der Waals surface area contributed by atoms with E-state index in [1.54, 1.807) is 6.92 Å². The van der Waals surface area contributed by atoms with Gasteiger partial charge in [0, 0.05) is 12.1 Å². The topological polar surface area (TPSA) is 69.4 Å². The minimum Gasteiger partial charge on any atom is -0.457 e. The van der Waals surface area contributed by atoms with Crippen LogP contribution in [0, 0.1) is 0 Å². The molecule has 2 aliphatic rings. The Bertz CT molecular complexity index is 1080. The number of hydrogen-bond acceptors (Lipinski definition) is 4. The Balaban J connectivity index is 1.67.